The van der Waals surface area contributed by atoms with Crippen molar-refractivity contribution < 1.29 is 19.1 Å². The molecule has 0 saturated carbocycles. The van der Waals surface area contributed by atoms with Crippen molar-refractivity contribution in [1.82, 2.24) is 21.0 Å². The Morgan fingerprint density at radius 1 is 0.963 bits per heavy atom. The van der Waals surface area contributed by atoms with Crippen molar-refractivity contribution in [2.75, 3.05) is 5.75 Å². The van der Waals surface area contributed by atoms with Crippen molar-refractivity contribution in [3.8, 4) is 17.2 Å². The van der Waals surface area contributed by atoms with Crippen molar-refractivity contribution in [2.24, 2.45) is 0 Å². The topological polar surface area (TPSA) is 117 Å². The highest BCUT2D eigenvalue weighted by atomic mass is 32.2. The first-order valence-corrected chi connectivity index (χ1v) is 8.96. The highest BCUT2D eigenvalue weighted by Gasteiger charge is 2.14. The number of phenolic OH excluding ortho intramolecular Hbond substituents is 1. The Balaban J connectivity index is 1.44. The molecule has 0 unspecified atom stereocenters. The molecule has 2 aromatic carbocycles. The number of aromatic hydroxyl groups is 1. The van der Waals surface area contributed by atoms with Crippen LogP contribution in [0.2, 0.25) is 0 Å². The lowest BCUT2D eigenvalue weighted by molar-refractivity contribution is -0.127. The van der Waals surface area contributed by atoms with E-state index >= 15 is 0 Å². The third-order valence-corrected chi connectivity index (χ3v) is 4.23. The average Bonchev–Trinajstić information content (AvgIpc) is 3.15. The number of carbonyl (C=O) groups excluding carboxylic acids is 2. The summed E-state index contributed by atoms with van der Waals surface area (Å²) in [4.78, 5) is 23.6. The number of phenols is 1. The van der Waals surface area contributed by atoms with Crippen LogP contribution in [0.4, 0.5) is 0 Å². The molecule has 3 N–H and O–H groups in total. The number of hydrogen-bond acceptors (Lipinski definition) is 7. The lowest BCUT2D eigenvalue weighted by atomic mass is 10.1. The summed E-state index contributed by atoms with van der Waals surface area (Å²) in [6.45, 7) is 0. The largest absolute Gasteiger partial charge is 0.507 e. The SMILES string of the molecule is O=C(CSc1nnc(-c2ccccc2O)o1)NNC(=O)Cc1ccccc1. The van der Waals surface area contributed by atoms with Gasteiger partial charge in [-0.05, 0) is 17.7 Å². The average molecular weight is 384 g/mol. The summed E-state index contributed by atoms with van der Waals surface area (Å²) in [5, 5.41) is 17.6. The fraction of sp³-hybridized carbons (Fsp3) is 0.111. The summed E-state index contributed by atoms with van der Waals surface area (Å²) in [5.41, 5.74) is 5.95. The normalized spacial score (nSPS) is 10.4. The maximum absolute atomic E-state index is 11.8. The molecular formula is C18H16N4O4S. The van der Waals surface area contributed by atoms with Crippen molar-refractivity contribution in [3.05, 3.63) is 60.2 Å². The van der Waals surface area contributed by atoms with Gasteiger partial charge in [0.2, 0.25) is 11.8 Å². The van der Waals surface area contributed by atoms with Gasteiger partial charge in [-0.25, -0.2) is 0 Å². The Morgan fingerprint density at radius 2 is 1.67 bits per heavy atom. The predicted molar refractivity (Wildman–Crippen MR) is 98.6 cm³/mol. The Morgan fingerprint density at radius 3 is 2.44 bits per heavy atom. The molecule has 0 radical (unpaired) electrons. The Labute approximate surface area is 159 Å². The smallest absolute Gasteiger partial charge is 0.277 e. The van der Waals surface area contributed by atoms with Gasteiger partial charge in [-0.1, -0.05) is 54.2 Å². The zero-order chi connectivity index (χ0) is 19.1. The monoisotopic (exact) mass is 384 g/mol. The molecule has 27 heavy (non-hydrogen) atoms. The minimum atomic E-state index is -0.413. The van der Waals surface area contributed by atoms with E-state index in [9.17, 15) is 14.7 Å². The second kappa shape index (κ2) is 8.86. The van der Waals surface area contributed by atoms with Crippen molar-refractivity contribution >= 4 is 23.6 Å². The molecule has 9 heteroatoms. The van der Waals surface area contributed by atoms with Crippen LogP contribution in [0.5, 0.6) is 5.75 Å². The molecule has 1 aromatic heterocycles. The molecular weight excluding hydrogens is 368 g/mol. The van der Waals surface area contributed by atoms with E-state index in [1.165, 1.54) is 6.07 Å². The molecule has 0 saturated heterocycles. The van der Waals surface area contributed by atoms with Crippen LogP contribution in [-0.2, 0) is 16.0 Å². The van der Waals surface area contributed by atoms with Gasteiger partial charge in [-0.3, -0.25) is 20.4 Å². The summed E-state index contributed by atoms with van der Waals surface area (Å²) >= 11 is 1.02. The Kier molecular flexibility index (Phi) is 6.06. The zero-order valence-electron chi connectivity index (χ0n) is 14.1. The number of nitrogens with one attached hydrogen (secondary N) is 2. The van der Waals surface area contributed by atoms with Gasteiger partial charge in [-0.2, -0.15) is 0 Å². The van der Waals surface area contributed by atoms with E-state index in [2.05, 4.69) is 21.0 Å². The minimum absolute atomic E-state index is 0.0198. The molecule has 138 valence electrons. The molecule has 0 aliphatic heterocycles. The van der Waals surface area contributed by atoms with E-state index in [1.807, 2.05) is 30.3 Å². The second-order valence-corrected chi connectivity index (χ2v) is 6.36. The van der Waals surface area contributed by atoms with E-state index < -0.39 is 5.91 Å². The van der Waals surface area contributed by atoms with Crippen LogP contribution in [0.1, 0.15) is 5.56 Å². The molecule has 0 bridgehead atoms. The summed E-state index contributed by atoms with van der Waals surface area (Å²) in [5.74, 6) is -0.569. The summed E-state index contributed by atoms with van der Waals surface area (Å²) in [6.07, 6.45) is 0.169. The Hall–Kier alpha value is -3.33. The third kappa shape index (κ3) is 5.32. The number of nitrogens with zero attached hydrogens (tertiary/aromatic N) is 2. The van der Waals surface area contributed by atoms with E-state index in [0.717, 1.165) is 17.3 Å². The number of amides is 2. The number of aromatic nitrogens is 2. The lowest BCUT2D eigenvalue weighted by Crippen LogP contribution is -2.43. The maximum Gasteiger partial charge on any atom is 0.277 e. The first kappa shape index (κ1) is 18.5. The van der Waals surface area contributed by atoms with Gasteiger partial charge >= 0.3 is 0 Å². The van der Waals surface area contributed by atoms with Crippen LogP contribution in [0.3, 0.4) is 0 Å². The third-order valence-electron chi connectivity index (χ3n) is 3.42. The lowest BCUT2D eigenvalue weighted by Gasteiger charge is -2.06. The summed E-state index contributed by atoms with van der Waals surface area (Å²) in [6, 6.07) is 15.8. The fourth-order valence-electron chi connectivity index (χ4n) is 2.16. The predicted octanol–water partition coefficient (Wildman–Crippen LogP) is 1.92. The van der Waals surface area contributed by atoms with Gasteiger partial charge < -0.3 is 9.52 Å². The number of hydrogen-bond donors (Lipinski definition) is 3. The molecule has 3 rings (SSSR count). The molecule has 0 fully saturated rings. The molecule has 0 atom stereocenters. The number of benzene rings is 2. The van der Waals surface area contributed by atoms with Crippen LogP contribution in [0.15, 0.2) is 64.2 Å². The van der Waals surface area contributed by atoms with Gasteiger partial charge in [0.05, 0.1) is 17.7 Å². The Bertz CT molecular complexity index is 930. The highest BCUT2D eigenvalue weighted by Crippen LogP contribution is 2.29. The van der Waals surface area contributed by atoms with E-state index in [0.29, 0.717) is 5.56 Å². The first-order chi connectivity index (χ1) is 13.1. The number of rotatable bonds is 6. The highest BCUT2D eigenvalue weighted by molar-refractivity contribution is 7.99. The molecule has 0 aliphatic rings. The van der Waals surface area contributed by atoms with Gasteiger partial charge in [-0.15, -0.1) is 10.2 Å². The molecule has 0 aliphatic carbocycles. The van der Waals surface area contributed by atoms with Crippen molar-refractivity contribution in [3.63, 3.8) is 0 Å². The van der Waals surface area contributed by atoms with E-state index in [4.69, 9.17) is 4.42 Å². The van der Waals surface area contributed by atoms with Gasteiger partial charge in [0.1, 0.15) is 5.75 Å². The molecule has 1 heterocycles. The minimum Gasteiger partial charge on any atom is -0.507 e. The number of hydrazine groups is 1. The van der Waals surface area contributed by atoms with Gasteiger partial charge in [0, 0.05) is 0 Å². The second-order valence-electron chi connectivity index (χ2n) is 5.44. The molecule has 3 aromatic rings. The number of carbonyl (C=O) groups is 2. The van der Waals surface area contributed by atoms with Crippen molar-refractivity contribution in [1.29, 1.82) is 0 Å². The number of para-hydroxylation sites is 1. The maximum atomic E-state index is 11.8. The first-order valence-electron chi connectivity index (χ1n) is 7.98. The van der Waals surface area contributed by atoms with Crippen LogP contribution in [0, 0.1) is 0 Å². The number of thioether (sulfide) groups is 1. The molecule has 8 nitrogen and oxygen atoms in total. The van der Waals surface area contributed by atoms with Crippen LogP contribution < -0.4 is 10.9 Å². The van der Waals surface area contributed by atoms with Crippen LogP contribution in [0.25, 0.3) is 11.5 Å². The van der Waals surface area contributed by atoms with Crippen LogP contribution in [-0.4, -0.2) is 32.9 Å². The quantitative estimate of drug-likeness (QED) is 0.439. The molecule has 0 spiro atoms. The van der Waals surface area contributed by atoms with Gasteiger partial charge in [0.15, 0.2) is 0 Å². The van der Waals surface area contributed by atoms with E-state index in [-0.39, 0.29) is 34.9 Å². The fourth-order valence-corrected chi connectivity index (χ4v) is 2.72. The van der Waals surface area contributed by atoms with E-state index in [1.54, 1.807) is 18.2 Å². The summed E-state index contributed by atoms with van der Waals surface area (Å²) < 4.78 is 5.42. The standard InChI is InChI=1S/C18H16N4O4S/c23-14-9-5-4-8-13(14)17-21-22-18(26-17)27-11-16(25)20-19-15(24)10-12-6-2-1-3-7-12/h1-9,23H,10-11H2,(H,19,24)(H,20,25). The zero-order valence-corrected chi connectivity index (χ0v) is 14.9. The summed E-state index contributed by atoms with van der Waals surface area (Å²) in [7, 11) is 0. The molecule has 2 amide bonds. The van der Waals surface area contributed by atoms with Crippen molar-refractivity contribution in [2.45, 2.75) is 11.6 Å². The van der Waals surface area contributed by atoms with Crippen LogP contribution >= 0.6 is 11.8 Å². The van der Waals surface area contributed by atoms with Gasteiger partial charge in [0.25, 0.3) is 11.1 Å².